The van der Waals surface area contributed by atoms with E-state index in [9.17, 15) is 0 Å². The van der Waals surface area contributed by atoms with Gasteiger partial charge in [-0.05, 0) is 38.5 Å². The third kappa shape index (κ3) is 4.07. The quantitative estimate of drug-likeness (QED) is 0.593. The van der Waals surface area contributed by atoms with Crippen molar-refractivity contribution in [2.45, 2.75) is 44.6 Å². The molecule has 0 N–H and O–H groups in total. The molecule has 0 spiro atoms. The van der Waals surface area contributed by atoms with Crippen molar-refractivity contribution in [3.63, 3.8) is 0 Å². The second kappa shape index (κ2) is 6.44. The molecule has 2 heteroatoms. The van der Waals surface area contributed by atoms with Crippen molar-refractivity contribution in [3.8, 4) is 0 Å². The normalized spacial score (nSPS) is 24.2. The monoisotopic (exact) mass is 172 g/mol. The summed E-state index contributed by atoms with van der Waals surface area (Å²) in [6.45, 7) is 1.88. The molecule has 0 bridgehead atoms. The number of unbranched alkanes of at least 4 members (excludes halogenated alkanes) is 1. The van der Waals surface area contributed by atoms with E-state index >= 15 is 0 Å². The van der Waals surface area contributed by atoms with Crippen LogP contribution in [0.4, 0.5) is 0 Å². The predicted octanol–water partition coefficient (Wildman–Crippen LogP) is 2.37. The van der Waals surface area contributed by atoms with Crippen LogP contribution in [0.5, 0.6) is 0 Å². The molecule has 72 valence electrons. The Balaban J connectivity index is 1.91. The second-order valence-electron chi connectivity index (χ2n) is 3.48. The molecule has 0 saturated carbocycles. The lowest BCUT2D eigenvalue weighted by Crippen LogP contribution is -2.18. The molecule has 0 amide bonds. The summed E-state index contributed by atoms with van der Waals surface area (Å²) in [4.78, 5) is 0. The van der Waals surface area contributed by atoms with Gasteiger partial charge in [0.2, 0.25) is 0 Å². The molecular formula is C10H20O2. The van der Waals surface area contributed by atoms with Crippen LogP contribution in [0.3, 0.4) is 0 Å². The second-order valence-corrected chi connectivity index (χ2v) is 3.48. The van der Waals surface area contributed by atoms with E-state index in [0.717, 1.165) is 13.2 Å². The van der Waals surface area contributed by atoms with Crippen LogP contribution in [-0.4, -0.2) is 26.4 Å². The van der Waals surface area contributed by atoms with Gasteiger partial charge in [0.15, 0.2) is 0 Å². The first-order valence-corrected chi connectivity index (χ1v) is 5.04. The van der Waals surface area contributed by atoms with Gasteiger partial charge in [-0.2, -0.15) is 0 Å². The van der Waals surface area contributed by atoms with Gasteiger partial charge in [0, 0.05) is 20.3 Å². The fourth-order valence-corrected chi connectivity index (χ4v) is 1.65. The Hall–Kier alpha value is -0.0800. The minimum atomic E-state index is 0.551. The summed E-state index contributed by atoms with van der Waals surface area (Å²) in [5, 5.41) is 0. The van der Waals surface area contributed by atoms with Crippen LogP contribution in [0.15, 0.2) is 0 Å². The topological polar surface area (TPSA) is 18.5 Å². The maximum Gasteiger partial charge on any atom is 0.0575 e. The first kappa shape index (κ1) is 10.0. The predicted molar refractivity (Wildman–Crippen MR) is 49.3 cm³/mol. The van der Waals surface area contributed by atoms with Crippen LogP contribution >= 0.6 is 0 Å². The van der Waals surface area contributed by atoms with E-state index in [1.54, 1.807) is 7.11 Å². The van der Waals surface area contributed by atoms with Crippen molar-refractivity contribution in [2.75, 3.05) is 20.3 Å². The van der Waals surface area contributed by atoms with E-state index in [1.807, 2.05) is 0 Å². The Morgan fingerprint density at radius 1 is 1.33 bits per heavy atom. The molecule has 1 atom stereocenters. The number of methoxy groups -OCH3 is 1. The molecule has 1 saturated heterocycles. The molecule has 1 heterocycles. The lowest BCUT2D eigenvalue weighted by Gasteiger charge is -2.22. The zero-order valence-electron chi connectivity index (χ0n) is 8.05. The van der Waals surface area contributed by atoms with E-state index in [1.165, 1.54) is 38.5 Å². The summed E-state index contributed by atoms with van der Waals surface area (Å²) in [5.41, 5.74) is 0. The van der Waals surface area contributed by atoms with Crippen molar-refractivity contribution in [2.24, 2.45) is 0 Å². The number of ether oxygens (including phenoxy) is 2. The lowest BCUT2D eigenvalue weighted by atomic mass is 10.0. The smallest absolute Gasteiger partial charge is 0.0575 e. The summed E-state index contributed by atoms with van der Waals surface area (Å²) in [6, 6.07) is 0. The average molecular weight is 172 g/mol. The van der Waals surface area contributed by atoms with Gasteiger partial charge in [0.05, 0.1) is 6.10 Å². The van der Waals surface area contributed by atoms with Gasteiger partial charge in [-0.15, -0.1) is 0 Å². The number of rotatable bonds is 5. The number of hydrogen-bond donors (Lipinski definition) is 0. The van der Waals surface area contributed by atoms with Crippen LogP contribution in [0, 0.1) is 0 Å². The summed E-state index contributed by atoms with van der Waals surface area (Å²) in [5.74, 6) is 0. The molecule has 0 aromatic carbocycles. The maximum atomic E-state index is 5.62. The fourth-order valence-electron chi connectivity index (χ4n) is 1.65. The van der Waals surface area contributed by atoms with Crippen molar-refractivity contribution >= 4 is 0 Å². The molecule has 1 aliphatic heterocycles. The molecule has 1 fully saturated rings. The van der Waals surface area contributed by atoms with E-state index in [0.29, 0.717) is 6.10 Å². The van der Waals surface area contributed by atoms with Gasteiger partial charge in [0.25, 0.3) is 0 Å². The molecular weight excluding hydrogens is 152 g/mol. The third-order valence-electron chi connectivity index (χ3n) is 2.40. The van der Waals surface area contributed by atoms with E-state index in [2.05, 4.69) is 0 Å². The summed E-state index contributed by atoms with van der Waals surface area (Å²) >= 11 is 0. The summed E-state index contributed by atoms with van der Waals surface area (Å²) < 4.78 is 10.6. The number of hydrogen-bond acceptors (Lipinski definition) is 2. The highest BCUT2D eigenvalue weighted by atomic mass is 16.5. The zero-order chi connectivity index (χ0) is 8.65. The first-order valence-electron chi connectivity index (χ1n) is 5.04. The van der Waals surface area contributed by atoms with Gasteiger partial charge in [0.1, 0.15) is 0 Å². The Labute approximate surface area is 75.2 Å². The fraction of sp³-hybridized carbons (Fsp3) is 1.00. The molecule has 12 heavy (non-hydrogen) atoms. The highest BCUT2D eigenvalue weighted by molar-refractivity contribution is 4.63. The SMILES string of the molecule is COCCCCC1CCCCO1. The highest BCUT2D eigenvalue weighted by Crippen LogP contribution is 2.17. The Kier molecular flexibility index (Phi) is 5.37. The average Bonchev–Trinajstić information content (AvgIpc) is 2.14. The van der Waals surface area contributed by atoms with Crippen LogP contribution in [0.1, 0.15) is 38.5 Å². The van der Waals surface area contributed by atoms with Crippen molar-refractivity contribution < 1.29 is 9.47 Å². The molecule has 1 unspecified atom stereocenters. The van der Waals surface area contributed by atoms with E-state index in [4.69, 9.17) is 9.47 Å². The zero-order valence-corrected chi connectivity index (χ0v) is 8.05. The van der Waals surface area contributed by atoms with Crippen LogP contribution in [-0.2, 0) is 9.47 Å². The molecule has 0 aliphatic carbocycles. The molecule has 1 rings (SSSR count). The molecule has 0 radical (unpaired) electrons. The molecule has 0 aromatic rings. The van der Waals surface area contributed by atoms with Gasteiger partial charge in [-0.25, -0.2) is 0 Å². The van der Waals surface area contributed by atoms with Gasteiger partial charge >= 0.3 is 0 Å². The lowest BCUT2D eigenvalue weighted by molar-refractivity contribution is 0.00893. The van der Waals surface area contributed by atoms with Crippen molar-refractivity contribution in [1.29, 1.82) is 0 Å². The van der Waals surface area contributed by atoms with Crippen LogP contribution in [0.25, 0.3) is 0 Å². The minimum absolute atomic E-state index is 0.551. The summed E-state index contributed by atoms with van der Waals surface area (Å²) in [6.07, 6.45) is 8.09. The largest absolute Gasteiger partial charge is 0.385 e. The molecule has 1 aliphatic rings. The van der Waals surface area contributed by atoms with E-state index in [-0.39, 0.29) is 0 Å². The van der Waals surface area contributed by atoms with Crippen LogP contribution < -0.4 is 0 Å². The Bertz CT molecular complexity index is 98.0. The Morgan fingerprint density at radius 3 is 2.92 bits per heavy atom. The minimum Gasteiger partial charge on any atom is -0.385 e. The maximum absolute atomic E-state index is 5.62. The van der Waals surface area contributed by atoms with Crippen molar-refractivity contribution in [1.82, 2.24) is 0 Å². The third-order valence-corrected chi connectivity index (χ3v) is 2.40. The summed E-state index contributed by atoms with van der Waals surface area (Å²) in [7, 11) is 1.76. The standard InChI is InChI=1S/C10H20O2/c1-11-8-4-2-6-10-7-3-5-9-12-10/h10H,2-9H2,1H3. The van der Waals surface area contributed by atoms with Crippen LogP contribution in [0.2, 0.25) is 0 Å². The first-order chi connectivity index (χ1) is 5.93. The molecule has 0 aromatic heterocycles. The highest BCUT2D eigenvalue weighted by Gasteiger charge is 2.12. The van der Waals surface area contributed by atoms with Crippen molar-refractivity contribution in [3.05, 3.63) is 0 Å². The van der Waals surface area contributed by atoms with Gasteiger partial charge in [-0.3, -0.25) is 0 Å². The molecule has 2 nitrogen and oxygen atoms in total. The van der Waals surface area contributed by atoms with Gasteiger partial charge < -0.3 is 9.47 Å². The van der Waals surface area contributed by atoms with E-state index < -0.39 is 0 Å². The van der Waals surface area contributed by atoms with Gasteiger partial charge in [-0.1, -0.05) is 0 Å². The Morgan fingerprint density at radius 2 is 2.25 bits per heavy atom.